The third kappa shape index (κ3) is 3.65. The summed E-state index contributed by atoms with van der Waals surface area (Å²) < 4.78 is 0. The van der Waals surface area contributed by atoms with Gasteiger partial charge in [-0.2, -0.15) is 4.99 Å². The van der Waals surface area contributed by atoms with E-state index in [2.05, 4.69) is 14.8 Å². The van der Waals surface area contributed by atoms with Gasteiger partial charge >= 0.3 is 0 Å². The lowest BCUT2D eigenvalue weighted by molar-refractivity contribution is -0.384. The Bertz CT molecular complexity index is 1160. The van der Waals surface area contributed by atoms with Crippen molar-refractivity contribution in [1.82, 2.24) is 4.90 Å². The number of likely N-dealkylation sites (tertiary alicyclic amines) is 1. The fourth-order valence-corrected chi connectivity index (χ4v) is 4.66. The Kier molecular flexibility index (Phi) is 5.40. The first-order valence-corrected chi connectivity index (χ1v) is 11.1. The molecule has 3 aliphatic heterocycles. The van der Waals surface area contributed by atoms with Crippen molar-refractivity contribution in [2.45, 2.75) is 19.3 Å². The molecule has 0 atom stereocenters. The molecular weight excluding hydrogens is 430 g/mol. The Balaban J connectivity index is 1.49. The molecule has 0 spiro atoms. The average molecular weight is 452 g/mol. The molecule has 32 heavy (non-hydrogen) atoms. The minimum atomic E-state index is -0.482. The lowest BCUT2D eigenvalue weighted by atomic mass is 10.1. The molecule has 2 aromatic rings. The number of hydrogen-bond acceptors (Lipinski definition) is 6. The molecule has 1 saturated heterocycles. The SMILES string of the molecule is O=C1N=C2N(CCN3CCCCC3)c3ccccc3N2C1=Cc1cc([N+](=O)[O-])ccc1Cl. The number of para-hydroxylation sites is 2. The summed E-state index contributed by atoms with van der Waals surface area (Å²) in [5.74, 6) is 0.182. The van der Waals surface area contributed by atoms with Crippen LogP contribution in [0.2, 0.25) is 5.02 Å². The number of rotatable bonds is 5. The molecule has 1 fully saturated rings. The molecule has 9 heteroatoms. The number of aliphatic imine (C=N–C) groups is 1. The largest absolute Gasteiger partial charge is 0.308 e. The Morgan fingerprint density at radius 2 is 1.81 bits per heavy atom. The zero-order valence-electron chi connectivity index (χ0n) is 17.4. The van der Waals surface area contributed by atoms with E-state index in [0.717, 1.165) is 37.6 Å². The van der Waals surface area contributed by atoms with E-state index in [1.807, 2.05) is 29.2 Å². The van der Waals surface area contributed by atoms with Crippen LogP contribution in [0.5, 0.6) is 0 Å². The summed E-state index contributed by atoms with van der Waals surface area (Å²) in [6, 6.07) is 12.1. The monoisotopic (exact) mass is 451 g/mol. The van der Waals surface area contributed by atoms with Crippen LogP contribution in [0, 0.1) is 10.1 Å². The lowest BCUT2D eigenvalue weighted by Crippen LogP contribution is -2.41. The maximum Gasteiger partial charge on any atom is 0.297 e. The van der Waals surface area contributed by atoms with Gasteiger partial charge in [0.15, 0.2) is 0 Å². The van der Waals surface area contributed by atoms with Crippen molar-refractivity contribution in [2.75, 3.05) is 36.0 Å². The number of guanidine groups is 1. The predicted octanol–water partition coefficient (Wildman–Crippen LogP) is 4.30. The van der Waals surface area contributed by atoms with Gasteiger partial charge < -0.3 is 9.80 Å². The van der Waals surface area contributed by atoms with Crippen LogP contribution in [0.4, 0.5) is 17.1 Å². The van der Waals surface area contributed by atoms with Crippen molar-refractivity contribution in [1.29, 1.82) is 0 Å². The summed E-state index contributed by atoms with van der Waals surface area (Å²) in [4.78, 5) is 34.3. The number of carbonyl (C=O) groups is 1. The van der Waals surface area contributed by atoms with Crippen LogP contribution in [0.15, 0.2) is 53.2 Å². The van der Waals surface area contributed by atoms with Crippen LogP contribution in [-0.2, 0) is 4.79 Å². The molecule has 0 bridgehead atoms. The number of nitro benzene ring substituents is 1. The standard InChI is InChI=1S/C23H22ClN5O3/c24-18-9-8-17(29(31)32)14-16(18)15-21-22(30)25-23-27(13-12-26-10-4-1-5-11-26)19-6-2-3-7-20(19)28(21)23/h2-3,6-9,14-15H,1,4-5,10-13H2. The van der Waals surface area contributed by atoms with Gasteiger partial charge in [-0.25, -0.2) is 0 Å². The molecule has 3 heterocycles. The Labute approximate surface area is 190 Å². The molecule has 2 aromatic carbocycles. The van der Waals surface area contributed by atoms with Crippen LogP contribution in [0.1, 0.15) is 24.8 Å². The number of non-ortho nitro benzene ring substituents is 1. The summed E-state index contributed by atoms with van der Waals surface area (Å²) in [5.41, 5.74) is 2.51. The predicted molar refractivity (Wildman–Crippen MR) is 125 cm³/mol. The summed E-state index contributed by atoms with van der Waals surface area (Å²) in [7, 11) is 0. The molecule has 0 aromatic heterocycles. The zero-order chi connectivity index (χ0) is 22.2. The van der Waals surface area contributed by atoms with Crippen molar-refractivity contribution < 1.29 is 9.72 Å². The highest BCUT2D eigenvalue weighted by molar-refractivity contribution is 6.33. The van der Waals surface area contributed by atoms with Crippen molar-refractivity contribution in [3.63, 3.8) is 0 Å². The molecular formula is C23H22ClN5O3. The number of halogens is 1. The van der Waals surface area contributed by atoms with E-state index in [9.17, 15) is 14.9 Å². The zero-order valence-corrected chi connectivity index (χ0v) is 18.2. The maximum atomic E-state index is 12.9. The number of nitro groups is 1. The highest BCUT2D eigenvalue weighted by atomic mass is 35.5. The molecule has 0 N–H and O–H groups in total. The lowest BCUT2D eigenvalue weighted by Gasteiger charge is -2.29. The molecule has 5 rings (SSSR count). The Hall–Kier alpha value is -3.23. The van der Waals surface area contributed by atoms with Crippen LogP contribution in [0.25, 0.3) is 6.08 Å². The number of anilines is 2. The van der Waals surface area contributed by atoms with Gasteiger partial charge in [-0.05, 0) is 50.2 Å². The number of carbonyl (C=O) groups excluding carboxylic acids is 1. The quantitative estimate of drug-likeness (QED) is 0.383. The molecule has 0 aliphatic carbocycles. The van der Waals surface area contributed by atoms with Gasteiger partial charge in [0.25, 0.3) is 11.6 Å². The van der Waals surface area contributed by atoms with Crippen molar-refractivity contribution in [3.05, 3.63) is 68.9 Å². The molecule has 164 valence electrons. The van der Waals surface area contributed by atoms with E-state index in [1.165, 1.54) is 37.5 Å². The van der Waals surface area contributed by atoms with E-state index in [0.29, 0.717) is 22.2 Å². The van der Waals surface area contributed by atoms with E-state index in [-0.39, 0.29) is 11.6 Å². The van der Waals surface area contributed by atoms with Gasteiger partial charge in [-0.1, -0.05) is 30.2 Å². The number of benzene rings is 2. The van der Waals surface area contributed by atoms with Crippen molar-refractivity contribution in [3.8, 4) is 0 Å². The van der Waals surface area contributed by atoms with Gasteiger partial charge in [0, 0.05) is 35.8 Å². The number of amides is 1. The van der Waals surface area contributed by atoms with Crippen molar-refractivity contribution in [2.24, 2.45) is 4.99 Å². The van der Waals surface area contributed by atoms with E-state index >= 15 is 0 Å². The maximum absolute atomic E-state index is 12.9. The van der Waals surface area contributed by atoms with Gasteiger partial charge in [0.05, 0.1) is 16.3 Å². The molecule has 3 aliphatic rings. The van der Waals surface area contributed by atoms with Crippen LogP contribution in [-0.4, -0.2) is 47.9 Å². The van der Waals surface area contributed by atoms with Crippen LogP contribution in [0.3, 0.4) is 0 Å². The highest BCUT2D eigenvalue weighted by Gasteiger charge is 2.42. The topological polar surface area (TPSA) is 82.3 Å². The fourth-order valence-electron chi connectivity index (χ4n) is 4.48. The van der Waals surface area contributed by atoms with Gasteiger partial charge in [0.2, 0.25) is 5.96 Å². The summed E-state index contributed by atoms with van der Waals surface area (Å²) in [5, 5.41) is 11.5. The number of hydrogen-bond donors (Lipinski definition) is 0. The molecule has 0 unspecified atom stereocenters. The minimum absolute atomic E-state index is 0.0854. The van der Waals surface area contributed by atoms with Gasteiger partial charge in [-0.3, -0.25) is 19.8 Å². The normalized spacial score (nSPS) is 19.3. The Morgan fingerprint density at radius 3 is 2.56 bits per heavy atom. The van der Waals surface area contributed by atoms with Crippen LogP contribution < -0.4 is 9.80 Å². The van der Waals surface area contributed by atoms with E-state index in [4.69, 9.17) is 11.6 Å². The second-order valence-corrected chi connectivity index (χ2v) is 8.49. The molecule has 0 radical (unpaired) electrons. The first kappa shape index (κ1) is 20.7. The summed E-state index contributed by atoms with van der Waals surface area (Å²) in [6.45, 7) is 3.82. The third-order valence-corrected chi connectivity index (χ3v) is 6.43. The fraction of sp³-hybridized carbons (Fsp3) is 0.304. The van der Waals surface area contributed by atoms with Gasteiger partial charge in [0.1, 0.15) is 5.70 Å². The van der Waals surface area contributed by atoms with Gasteiger partial charge in [-0.15, -0.1) is 0 Å². The highest BCUT2D eigenvalue weighted by Crippen LogP contribution is 2.42. The molecule has 8 nitrogen and oxygen atoms in total. The average Bonchev–Trinajstić information content (AvgIpc) is 3.27. The first-order chi connectivity index (χ1) is 15.5. The molecule has 0 saturated carbocycles. The Morgan fingerprint density at radius 1 is 1.06 bits per heavy atom. The molecule has 1 amide bonds. The second kappa shape index (κ2) is 8.37. The smallest absolute Gasteiger partial charge is 0.297 e. The third-order valence-electron chi connectivity index (χ3n) is 6.09. The van der Waals surface area contributed by atoms with E-state index < -0.39 is 4.92 Å². The number of fused-ring (bicyclic) bond motifs is 3. The van der Waals surface area contributed by atoms with E-state index in [1.54, 1.807) is 6.08 Å². The minimum Gasteiger partial charge on any atom is -0.308 e. The van der Waals surface area contributed by atoms with Crippen molar-refractivity contribution >= 4 is 46.6 Å². The van der Waals surface area contributed by atoms with Crippen LogP contribution >= 0.6 is 11.6 Å². The first-order valence-electron chi connectivity index (χ1n) is 10.7. The number of nitrogens with zero attached hydrogens (tertiary/aromatic N) is 5. The number of piperidine rings is 1. The summed E-state index contributed by atoms with van der Waals surface area (Å²) >= 11 is 6.28. The second-order valence-electron chi connectivity index (χ2n) is 8.09. The summed E-state index contributed by atoms with van der Waals surface area (Å²) in [6.07, 6.45) is 5.31.